The van der Waals surface area contributed by atoms with Gasteiger partial charge < -0.3 is 11.1 Å². The number of benzene rings is 1. The number of anilines is 2. The second-order valence-electron chi connectivity index (χ2n) is 5.22. The fourth-order valence-corrected chi connectivity index (χ4v) is 2.96. The molecule has 0 aliphatic rings. The van der Waals surface area contributed by atoms with Gasteiger partial charge in [0.25, 0.3) is 0 Å². The lowest BCUT2D eigenvalue weighted by molar-refractivity contribution is -0.113. The zero-order chi connectivity index (χ0) is 18.6. The molecule has 2 rings (SSSR count). The Hall–Kier alpha value is -3.10. The molecule has 0 radical (unpaired) electrons. The number of hydrogen-bond acceptors (Lipinski definition) is 6. The molecule has 1 heterocycles. The van der Waals surface area contributed by atoms with Crippen LogP contribution in [0.25, 0.3) is 0 Å². The Morgan fingerprint density at radius 3 is 2.60 bits per heavy atom. The number of halogens is 1. The first kappa shape index (κ1) is 18.2. The lowest BCUT2D eigenvalue weighted by Gasteiger charge is -2.10. The summed E-state index contributed by atoms with van der Waals surface area (Å²) < 4.78 is 13.8. The minimum absolute atomic E-state index is 0.00601. The lowest BCUT2D eigenvalue weighted by Crippen LogP contribution is -2.15. The van der Waals surface area contributed by atoms with Crippen LogP contribution in [-0.4, -0.2) is 16.6 Å². The SMILES string of the molecule is Cc1ccc(NC(=O)CSc2nc(N)c(C#N)c(C)c2C#N)c(F)c1. The zero-order valence-corrected chi connectivity index (χ0v) is 14.4. The van der Waals surface area contributed by atoms with Crippen molar-refractivity contribution >= 4 is 29.2 Å². The maximum atomic E-state index is 13.8. The molecule has 1 amide bonds. The molecule has 0 spiro atoms. The summed E-state index contributed by atoms with van der Waals surface area (Å²) in [6.07, 6.45) is 0. The Morgan fingerprint density at radius 1 is 1.32 bits per heavy atom. The van der Waals surface area contributed by atoms with Crippen LogP contribution in [0.2, 0.25) is 0 Å². The third kappa shape index (κ3) is 4.06. The van der Waals surface area contributed by atoms with Crippen LogP contribution in [0.1, 0.15) is 22.3 Å². The summed E-state index contributed by atoms with van der Waals surface area (Å²) >= 11 is 0.998. The van der Waals surface area contributed by atoms with E-state index in [1.807, 2.05) is 12.1 Å². The van der Waals surface area contributed by atoms with Crippen LogP contribution < -0.4 is 11.1 Å². The average Bonchev–Trinajstić information content (AvgIpc) is 2.56. The molecule has 126 valence electrons. The predicted molar refractivity (Wildman–Crippen MR) is 93.3 cm³/mol. The van der Waals surface area contributed by atoms with Gasteiger partial charge in [0, 0.05) is 0 Å². The molecule has 0 unspecified atom stereocenters. The van der Waals surface area contributed by atoms with Crippen molar-refractivity contribution in [3.8, 4) is 12.1 Å². The summed E-state index contributed by atoms with van der Waals surface area (Å²) in [4.78, 5) is 16.0. The van der Waals surface area contributed by atoms with Gasteiger partial charge in [0.2, 0.25) is 5.91 Å². The molecule has 6 nitrogen and oxygen atoms in total. The molecule has 0 aliphatic heterocycles. The summed E-state index contributed by atoms with van der Waals surface area (Å²) in [7, 11) is 0. The van der Waals surface area contributed by atoms with Crippen molar-refractivity contribution in [3.05, 3.63) is 46.3 Å². The number of amides is 1. The standard InChI is InChI=1S/C17H14FN5OS/c1-9-3-4-14(13(18)5-9)22-15(24)8-25-17-12(7-20)10(2)11(6-19)16(21)23-17/h3-5H,8H2,1-2H3,(H2,21,23)(H,22,24). The average molecular weight is 355 g/mol. The van der Waals surface area contributed by atoms with E-state index in [2.05, 4.69) is 10.3 Å². The van der Waals surface area contributed by atoms with E-state index >= 15 is 0 Å². The van der Waals surface area contributed by atoms with Crippen molar-refractivity contribution in [2.45, 2.75) is 18.9 Å². The van der Waals surface area contributed by atoms with E-state index in [4.69, 9.17) is 11.0 Å². The molecule has 0 saturated carbocycles. The molecule has 1 aromatic carbocycles. The summed E-state index contributed by atoms with van der Waals surface area (Å²) in [6, 6.07) is 8.37. The number of nitrogens with two attached hydrogens (primary N) is 1. The lowest BCUT2D eigenvalue weighted by atomic mass is 10.1. The molecule has 0 fully saturated rings. The Labute approximate surface area is 148 Å². The first-order valence-electron chi connectivity index (χ1n) is 7.16. The number of carbonyl (C=O) groups is 1. The Kier molecular flexibility index (Phi) is 5.58. The summed E-state index contributed by atoms with van der Waals surface area (Å²) in [5.74, 6) is -1.04. The normalized spacial score (nSPS) is 9.96. The highest BCUT2D eigenvalue weighted by molar-refractivity contribution is 8.00. The third-order valence-electron chi connectivity index (χ3n) is 3.40. The van der Waals surface area contributed by atoms with E-state index in [0.717, 1.165) is 17.3 Å². The summed E-state index contributed by atoms with van der Waals surface area (Å²) in [5, 5.41) is 21.0. The van der Waals surface area contributed by atoms with E-state index < -0.39 is 11.7 Å². The molecule has 0 saturated heterocycles. The monoisotopic (exact) mass is 355 g/mol. The van der Waals surface area contributed by atoms with E-state index in [1.165, 1.54) is 12.1 Å². The number of aromatic nitrogens is 1. The first-order chi connectivity index (χ1) is 11.9. The smallest absolute Gasteiger partial charge is 0.234 e. The van der Waals surface area contributed by atoms with Crippen molar-refractivity contribution in [3.63, 3.8) is 0 Å². The predicted octanol–water partition coefficient (Wildman–Crippen LogP) is 2.89. The maximum Gasteiger partial charge on any atom is 0.234 e. The molecular formula is C17H14FN5OS. The Bertz CT molecular complexity index is 930. The van der Waals surface area contributed by atoms with E-state index in [9.17, 15) is 14.4 Å². The maximum absolute atomic E-state index is 13.8. The molecule has 1 aromatic heterocycles. The van der Waals surface area contributed by atoms with Crippen LogP contribution in [-0.2, 0) is 4.79 Å². The number of aryl methyl sites for hydroxylation is 1. The van der Waals surface area contributed by atoms with Crippen molar-refractivity contribution in [1.29, 1.82) is 10.5 Å². The molecule has 2 aromatic rings. The van der Waals surface area contributed by atoms with Gasteiger partial charge in [-0.2, -0.15) is 10.5 Å². The topological polar surface area (TPSA) is 116 Å². The highest BCUT2D eigenvalue weighted by Crippen LogP contribution is 2.28. The summed E-state index contributed by atoms with van der Waals surface area (Å²) in [5.41, 5.74) is 7.31. The summed E-state index contributed by atoms with van der Waals surface area (Å²) in [6.45, 7) is 3.35. The Balaban J connectivity index is 2.15. The number of rotatable bonds is 4. The molecule has 25 heavy (non-hydrogen) atoms. The van der Waals surface area contributed by atoms with Gasteiger partial charge >= 0.3 is 0 Å². The van der Waals surface area contributed by atoms with Crippen molar-refractivity contribution in [1.82, 2.24) is 4.98 Å². The van der Waals surface area contributed by atoms with Crippen LogP contribution >= 0.6 is 11.8 Å². The minimum Gasteiger partial charge on any atom is -0.383 e. The minimum atomic E-state index is -0.521. The second kappa shape index (κ2) is 7.65. The van der Waals surface area contributed by atoms with Gasteiger partial charge in [-0.1, -0.05) is 17.8 Å². The number of thioether (sulfide) groups is 1. The number of carbonyl (C=O) groups excluding carboxylic acids is 1. The highest BCUT2D eigenvalue weighted by atomic mass is 32.2. The van der Waals surface area contributed by atoms with Gasteiger partial charge in [-0.25, -0.2) is 9.37 Å². The van der Waals surface area contributed by atoms with Gasteiger partial charge in [0.1, 0.15) is 28.8 Å². The number of hydrogen-bond donors (Lipinski definition) is 2. The quantitative estimate of drug-likeness (QED) is 0.815. The fraction of sp³-hybridized carbons (Fsp3) is 0.176. The van der Waals surface area contributed by atoms with Crippen LogP contribution in [0.3, 0.4) is 0 Å². The van der Waals surface area contributed by atoms with E-state index in [-0.39, 0.29) is 33.4 Å². The first-order valence-corrected chi connectivity index (χ1v) is 8.15. The second-order valence-corrected chi connectivity index (χ2v) is 6.19. The van der Waals surface area contributed by atoms with E-state index in [1.54, 1.807) is 19.9 Å². The Morgan fingerprint density at radius 2 is 2.00 bits per heavy atom. The number of nitrogens with one attached hydrogen (secondary N) is 1. The van der Waals surface area contributed by atoms with Gasteiger partial charge in [-0.15, -0.1) is 0 Å². The van der Waals surface area contributed by atoms with Crippen LogP contribution in [0, 0.1) is 42.3 Å². The van der Waals surface area contributed by atoms with Crippen LogP contribution in [0.15, 0.2) is 23.2 Å². The number of nitrogen functional groups attached to an aromatic ring is 1. The molecule has 0 aliphatic carbocycles. The zero-order valence-electron chi connectivity index (χ0n) is 13.6. The molecule has 0 atom stereocenters. The van der Waals surface area contributed by atoms with Gasteiger partial charge in [-0.05, 0) is 37.1 Å². The third-order valence-corrected chi connectivity index (χ3v) is 4.38. The largest absolute Gasteiger partial charge is 0.383 e. The van der Waals surface area contributed by atoms with Gasteiger partial charge in [-0.3, -0.25) is 4.79 Å². The van der Waals surface area contributed by atoms with Gasteiger partial charge in [0.15, 0.2) is 0 Å². The number of nitriles is 2. The van der Waals surface area contributed by atoms with Crippen LogP contribution in [0.5, 0.6) is 0 Å². The van der Waals surface area contributed by atoms with Crippen molar-refractivity contribution in [2.24, 2.45) is 0 Å². The number of nitrogens with zero attached hydrogens (tertiary/aromatic N) is 3. The molecule has 0 bridgehead atoms. The number of pyridine rings is 1. The molecule has 8 heteroatoms. The van der Waals surface area contributed by atoms with Crippen molar-refractivity contribution < 1.29 is 9.18 Å². The molecule has 3 N–H and O–H groups in total. The van der Waals surface area contributed by atoms with Gasteiger partial charge in [0.05, 0.1) is 22.6 Å². The molecular weight excluding hydrogens is 341 g/mol. The van der Waals surface area contributed by atoms with Crippen molar-refractivity contribution in [2.75, 3.05) is 16.8 Å². The van der Waals surface area contributed by atoms with Crippen LogP contribution in [0.4, 0.5) is 15.9 Å². The van der Waals surface area contributed by atoms with E-state index in [0.29, 0.717) is 5.56 Å². The highest BCUT2D eigenvalue weighted by Gasteiger charge is 2.17. The fourth-order valence-electron chi connectivity index (χ4n) is 2.12.